The molecule has 2 atom stereocenters. The Balaban J connectivity index is 1.70. The number of piperazine rings is 1. The lowest BCUT2D eigenvalue weighted by atomic mass is 9.80. The average molecular weight is 320 g/mol. The fourth-order valence-electron chi connectivity index (χ4n) is 4.22. The van der Waals surface area contributed by atoms with Gasteiger partial charge in [-0.2, -0.15) is 0 Å². The van der Waals surface area contributed by atoms with E-state index >= 15 is 0 Å². The Morgan fingerprint density at radius 3 is 2.42 bits per heavy atom. The molecule has 0 N–H and O–H groups in total. The molecule has 0 unspecified atom stereocenters. The number of hydrogen-bond acceptors (Lipinski definition) is 2. The van der Waals surface area contributed by atoms with Crippen LogP contribution in [0.4, 0.5) is 0 Å². The number of fused-ring (bicyclic) bond motifs is 3. The molecule has 1 fully saturated rings. The molecule has 0 aromatic heterocycles. The van der Waals surface area contributed by atoms with E-state index in [4.69, 9.17) is 0 Å². The first kappa shape index (κ1) is 15.4. The van der Waals surface area contributed by atoms with Crippen molar-refractivity contribution >= 4 is 5.91 Å². The average Bonchev–Trinajstić information content (AvgIpc) is 2.67. The molecule has 0 aliphatic carbocycles. The molecule has 0 saturated carbocycles. The molecule has 2 aliphatic rings. The minimum atomic E-state index is 0.275. The van der Waals surface area contributed by atoms with E-state index in [1.165, 1.54) is 16.7 Å². The first-order chi connectivity index (χ1) is 11.8. The fourth-order valence-corrected chi connectivity index (χ4v) is 4.22. The Morgan fingerprint density at radius 1 is 0.958 bits per heavy atom. The summed E-state index contributed by atoms with van der Waals surface area (Å²) in [6.45, 7) is 5.64. The van der Waals surface area contributed by atoms with Crippen LogP contribution in [0.3, 0.4) is 0 Å². The number of carbonyl (C=O) groups is 1. The second kappa shape index (κ2) is 6.40. The Labute approximate surface area is 143 Å². The van der Waals surface area contributed by atoms with Crippen LogP contribution < -0.4 is 0 Å². The molecule has 0 spiro atoms. The molecule has 0 bridgehead atoms. The highest BCUT2D eigenvalue weighted by atomic mass is 16.2. The highest BCUT2D eigenvalue weighted by Gasteiger charge is 2.37. The third-order valence-corrected chi connectivity index (χ3v) is 5.50. The fraction of sp³-hybridized carbons (Fsp3) is 0.381. The van der Waals surface area contributed by atoms with Crippen molar-refractivity contribution < 1.29 is 4.79 Å². The van der Waals surface area contributed by atoms with Crippen molar-refractivity contribution in [1.29, 1.82) is 0 Å². The summed E-state index contributed by atoms with van der Waals surface area (Å²) in [4.78, 5) is 16.8. The van der Waals surface area contributed by atoms with E-state index in [0.29, 0.717) is 18.4 Å². The van der Waals surface area contributed by atoms with E-state index in [2.05, 4.69) is 59.5 Å². The Morgan fingerprint density at radius 2 is 1.67 bits per heavy atom. The first-order valence-electron chi connectivity index (χ1n) is 8.93. The van der Waals surface area contributed by atoms with Gasteiger partial charge in [-0.25, -0.2) is 0 Å². The molecular weight excluding hydrogens is 296 g/mol. The van der Waals surface area contributed by atoms with Crippen molar-refractivity contribution in [3.8, 4) is 0 Å². The zero-order valence-electron chi connectivity index (χ0n) is 14.2. The smallest absolute Gasteiger partial charge is 0.222 e. The van der Waals surface area contributed by atoms with Crippen LogP contribution in [0.2, 0.25) is 0 Å². The highest BCUT2D eigenvalue weighted by Crippen LogP contribution is 2.40. The largest absolute Gasteiger partial charge is 0.340 e. The highest BCUT2D eigenvalue weighted by molar-refractivity contribution is 5.76. The molecule has 0 radical (unpaired) electrons. The van der Waals surface area contributed by atoms with Gasteiger partial charge >= 0.3 is 0 Å². The minimum Gasteiger partial charge on any atom is -0.340 e. The van der Waals surface area contributed by atoms with Crippen LogP contribution >= 0.6 is 0 Å². The van der Waals surface area contributed by atoms with E-state index in [0.717, 1.165) is 26.2 Å². The lowest BCUT2D eigenvalue weighted by molar-refractivity contribution is -0.134. The van der Waals surface area contributed by atoms with Crippen LogP contribution in [-0.4, -0.2) is 41.9 Å². The van der Waals surface area contributed by atoms with Gasteiger partial charge < -0.3 is 4.90 Å². The number of carbonyl (C=O) groups excluding carboxylic acids is 1. The van der Waals surface area contributed by atoms with E-state index in [1.807, 2.05) is 11.8 Å². The number of nitrogens with zero attached hydrogens (tertiary/aromatic N) is 2. The van der Waals surface area contributed by atoms with Crippen LogP contribution in [0, 0.1) is 0 Å². The summed E-state index contributed by atoms with van der Waals surface area (Å²) in [7, 11) is 0. The summed E-state index contributed by atoms with van der Waals surface area (Å²) in [5, 5.41) is 0. The SMILES string of the molecule is CCC(=O)N1CCN2C[C@@H](c3ccccc3)c3ccccc3[C@@H]2C1. The lowest BCUT2D eigenvalue weighted by Crippen LogP contribution is -2.53. The minimum absolute atomic E-state index is 0.275. The second-order valence-corrected chi connectivity index (χ2v) is 6.80. The Hall–Kier alpha value is -2.13. The van der Waals surface area contributed by atoms with Crippen LogP contribution in [0.25, 0.3) is 0 Å². The van der Waals surface area contributed by atoms with Crippen LogP contribution in [0.1, 0.15) is 42.0 Å². The van der Waals surface area contributed by atoms with Gasteiger partial charge in [-0.3, -0.25) is 9.69 Å². The zero-order valence-corrected chi connectivity index (χ0v) is 14.2. The van der Waals surface area contributed by atoms with Gasteiger partial charge in [0.2, 0.25) is 5.91 Å². The van der Waals surface area contributed by atoms with Gasteiger partial charge in [-0.15, -0.1) is 0 Å². The summed E-state index contributed by atoms with van der Waals surface area (Å²) in [5.41, 5.74) is 4.21. The van der Waals surface area contributed by atoms with E-state index in [-0.39, 0.29) is 5.91 Å². The molecule has 24 heavy (non-hydrogen) atoms. The van der Waals surface area contributed by atoms with E-state index in [9.17, 15) is 4.79 Å². The van der Waals surface area contributed by atoms with E-state index in [1.54, 1.807) is 0 Å². The normalized spacial score (nSPS) is 23.5. The molecular formula is C21H24N2O. The van der Waals surface area contributed by atoms with Crippen molar-refractivity contribution in [3.63, 3.8) is 0 Å². The van der Waals surface area contributed by atoms with Crippen LogP contribution in [0.5, 0.6) is 0 Å². The summed E-state index contributed by atoms with van der Waals surface area (Å²) in [6.07, 6.45) is 0.598. The molecule has 4 rings (SSSR count). The summed E-state index contributed by atoms with van der Waals surface area (Å²) < 4.78 is 0. The topological polar surface area (TPSA) is 23.6 Å². The van der Waals surface area contributed by atoms with Gasteiger partial charge in [0.05, 0.1) is 6.04 Å². The van der Waals surface area contributed by atoms with Gasteiger partial charge in [-0.1, -0.05) is 61.5 Å². The summed E-state index contributed by atoms with van der Waals surface area (Å²) >= 11 is 0. The number of benzene rings is 2. The monoisotopic (exact) mass is 320 g/mol. The maximum atomic E-state index is 12.1. The standard InChI is InChI=1S/C21H24N2O/c1-2-21(24)23-13-12-22-14-19(16-8-4-3-5-9-16)17-10-6-7-11-18(17)20(22)15-23/h3-11,19-20H,2,12-15H2,1H3/t19-,20-/m0/s1. The van der Waals surface area contributed by atoms with Gasteiger partial charge in [0.1, 0.15) is 0 Å². The second-order valence-electron chi connectivity index (χ2n) is 6.80. The van der Waals surface area contributed by atoms with Crippen molar-refractivity contribution in [2.75, 3.05) is 26.2 Å². The summed E-state index contributed by atoms with van der Waals surface area (Å²) in [6, 6.07) is 19.9. The van der Waals surface area contributed by atoms with Gasteiger partial charge in [-0.05, 0) is 16.7 Å². The first-order valence-corrected chi connectivity index (χ1v) is 8.93. The van der Waals surface area contributed by atoms with E-state index < -0.39 is 0 Å². The number of amides is 1. The van der Waals surface area contributed by atoms with Gasteiger partial charge in [0.25, 0.3) is 0 Å². The van der Waals surface area contributed by atoms with Crippen molar-refractivity contribution in [2.24, 2.45) is 0 Å². The van der Waals surface area contributed by atoms with Crippen molar-refractivity contribution in [3.05, 3.63) is 71.3 Å². The number of hydrogen-bond donors (Lipinski definition) is 0. The van der Waals surface area contributed by atoms with Crippen LogP contribution in [-0.2, 0) is 4.79 Å². The van der Waals surface area contributed by atoms with Crippen molar-refractivity contribution in [1.82, 2.24) is 9.80 Å². The third kappa shape index (κ3) is 2.63. The lowest BCUT2D eigenvalue weighted by Gasteiger charge is -2.47. The van der Waals surface area contributed by atoms with Gasteiger partial charge in [0, 0.05) is 38.5 Å². The quantitative estimate of drug-likeness (QED) is 0.846. The van der Waals surface area contributed by atoms with Gasteiger partial charge in [0.15, 0.2) is 0 Å². The molecule has 2 aliphatic heterocycles. The van der Waals surface area contributed by atoms with Crippen molar-refractivity contribution in [2.45, 2.75) is 25.3 Å². The Kier molecular flexibility index (Phi) is 4.11. The molecule has 2 aromatic rings. The third-order valence-electron chi connectivity index (χ3n) is 5.50. The maximum absolute atomic E-state index is 12.1. The molecule has 1 amide bonds. The molecule has 124 valence electrons. The molecule has 3 heteroatoms. The van der Waals surface area contributed by atoms with Crippen LogP contribution in [0.15, 0.2) is 54.6 Å². The molecule has 2 aromatic carbocycles. The maximum Gasteiger partial charge on any atom is 0.222 e. The zero-order chi connectivity index (χ0) is 16.5. The number of rotatable bonds is 2. The molecule has 2 heterocycles. The summed E-state index contributed by atoms with van der Waals surface area (Å²) in [5.74, 6) is 0.699. The predicted molar refractivity (Wildman–Crippen MR) is 95.9 cm³/mol. The Bertz CT molecular complexity index is 728. The molecule has 1 saturated heterocycles. The predicted octanol–water partition coefficient (Wildman–Crippen LogP) is 3.43. The molecule has 3 nitrogen and oxygen atoms in total.